The first-order valence-electron chi connectivity index (χ1n) is 11.7. The van der Waals surface area contributed by atoms with E-state index in [9.17, 15) is 9.59 Å². The highest BCUT2D eigenvalue weighted by atomic mass is 16.5. The molecule has 3 aromatic rings. The average Bonchev–Trinajstić information content (AvgIpc) is 3.60. The molecule has 1 aliphatic heterocycles. The Morgan fingerprint density at radius 1 is 1.15 bits per heavy atom. The van der Waals surface area contributed by atoms with Crippen molar-refractivity contribution in [3.63, 3.8) is 0 Å². The number of nitrogens with one attached hydrogen (secondary N) is 1. The number of anilines is 1. The molecule has 176 valence electrons. The van der Waals surface area contributed by atoms with E-state index in [1.165, 1.54) is 0 Å². The Kier molecular flexibility index (Phi) is 6.04. The summed E-state index contributed by atoms with van der Waals surface area (Å²) in [5, 5.41) is 6.98. The molecule has 5 rings (SSSR count). The topological polar surface area (TPSA) is 97.6 Å². The first-order chi connectivity index (χ1) is 16.5. The van der Waals surface area contributed by atoms with Crippen molar-refractivity contribution in [2.45, 2.75) is 51.1 Å². The van der Waals surface area contributed by atoms with Crippen LogP contribution in [0.5, 0.6) is 5.75 Å². The van der Waals surface area contributed by atoms with E-state index in [1.807, 2.05) is 55.5 Å². The molecule has 2 unspecified atom stereocenters. The summed E-state index contributed by atoms with van der Waals surface area (Å²) in [4.78, 5) is 32.8. The van der Waals surface area contributed by atoms with Crippen LogP contribution in [0.3, 0.4) is 0 Å². The molecule has 34 heavy (non-hydrogen) atoms. The Bertz CT molecular complexity index is 1190. The number of methoxy groups -OCH3 is 1. The van der Waals surface area contributed by atoms with Crippen molar-refractivity contribution in [2.75, 3.05) is 12.0 Å². The van der Waals surface area contributed by atoms with E-state index in [-0.39, 0.29) is 24.8 Å². The lowest BCUT2D eigenvalue weighted by Crippen LogP contribution is -2.48. The molecule has 2 heterocycles. The number of aryl methyl sites for hydroxylation is 1. The van der Waals surface area contributed by atoms with Gasteiger partial charge in [0.2, 0.25) is 17.7 Å². The molecular weight excluding hydrogens is 432 g/mol. The van der Waals surface area contributed by atoms with Gasteiger partial charge < -0.3 is 19.5 Å². The molecule has 0 spiro atoms. The van der Waals surface area contributed by atoms with Crippen molar-refractivity contribution >= 4 is 17.5 Å². The zero-order valence-corrected chi connectivity index (χ0v) is 19.4. The van der Waals surface area contributed by atoms with Gasteiger partial charge in [-0.15, -0.1) is 0 Å². The third-order valence-corrected chi connectivity index (χ3v) is 6.54. The van der Waals surface area contributed by atoms with Gasteiger partial charge in [0.25, 0.3) is 0 Å². The van der Waals surface area contributed by atoms with Gasteiger partial charge in [0.05, 0.1) is 25.6 Å². The summed E-state index contributed by atoms with van der Waals surface area (Å²) in [7, 11) is 1.60. The van der Waals surface area contributed by atoms with Gasteiger partial charge in [-0.1, -0.05) is 41.1 Å². The van der Waals surface area contributed by atoms with Gasteiger partial charge in [-0.2, -0.15) is 4.98 Å². The predicted octanol–water partition coefficient (Wildman–Crippen LogP) is 4.06. The number of piperidine rings is 1. The molecule has 2 amide bonds. The predicted molar refractivity (Wildman–Crippen MR) is 125 cm³/mol. The summed E-state index contributed by atoms with van der Waals surface area (Å²) in [5.74, 6) is 1.48. The van der Waals surface area contributed by atoms with Crippen molar-refractivity contribution in [1.29, 1.82) is 0 Å². The minimum absolute atomic E-state index is 0.0187. The van der Waals surface area contributed by atoms with E-state index >= 15 is 0 Å². The van der Waals surface area contributed by atoms with Gasteiger partial charge in [0.15, 0.2) is 5.82 Å². The molecule has 2 fully saturated rings. The van der Waals surface area contributed by atoms with Crippen molar-refractivity contribution in [3.8, 4) is 5.75 Å². The molecule has 8 nitrogen and oxygen atoms in total. The molecule has 1 aliphatic carbocycles. The van der Waals surface area contributed by atoms with E-state index in [2.05, 4.69) is 15.5 Å². The zero-order valence-electron chi connectivity index (χ0n) is 19.4. The van der Waals surface area contributed by atoms with Crippen LogP contribution in [0, 0.1) is 12.8 Å². The van der Waals surface area contributed by atoms with E-state index < -0.39 is 12.0 Å². The average molecular weight is 461 g/mol. The third-order valence-electron chi connectivity index (χ3n) is 6.54. The van der Waals surface area contributed by atoms with Gasteiger partial charge >= 0.3 is 0 Å². The zero-order chi connectivity index (χ0) is 23.7. The number of benzene rings is 2. The Balaban J connectivity index is 1.45. The van der Waals surface area contributed by atoms with Crippen LogP contribution in [0.2, 0.25) is 0 Å². The smallest absolute Gasteiger partial charge is 0.246 e. The summed E-state index contributed by atoms with van der Waals surface area (Å²) in [5.41, 5.74) is 2.66. The molecule has 8 heteroatoms. The third kappa shape index (κ3) is 4.40. The van der Waals surface area contributed by atoms with E-state index in [4.69, 9.17) is 9.26 Å². The lowest BCUT2D eigenvalue weighted by Gasteiger charge is -2.41. The second-order valence-electron chi connectivity index (χ2n) is 8.97. The summed E-state index contributed by atoms with van der Waals surface area (Å²) in [6, 6.07) is 14.8. The lowest BCUT2D eigenvalue weighted by atomic mass is 9.82. The number of amides is 2. The van der Waals surface area contributed by atoms with Crippen LogP contribution in [0.25, 0.3) is 0 Å². The first kappa shape index (κ1) is 22.1. The maximum Gasteiger partial charge on any atom is 0.246 e. The number of para-hydroxylation sites is 1. The number of rotatable bonds is 7. The molecular formula is C26H28N4O4. The number of aromatic nitrogens is 2. The van der Waals surface area contributed by atoms with Crippen LogP contribution < -0.4 is 15.0 Å². The molecule has 1 N–H and O–H groups in total. The highest BCUT2D eigenvalue weighted by Gasteiger charge is 2.42. The summed E-state index contributed by atoms with van der Waals surface area (Å²) in [6.07, 6.45) is 2.88. The number of carbonyl (C=O) groups excluding carboxylic acids is 2. The molecule has 1 saturated heterocycles. The number of hydrogen-bond acceptors (Lipinski definition) is 6. The lowest BCUT2D eigenvalue weighted by molar-refractivity contribution is -0.129. The van der Waals surface area contributed by atoms with Crippen LogP contribution in [-0.2, 0) is 16.1 Å². The number of ether oxygens (including phenoxy) is 1. The van der Waals surface area contributed by atoms with Gasteiger partial charge in [-0.3, -0.25) is 9.59 Å². The maximum atomic E-state index is 13.5. The molecule has 0 bridgehead atoms. The molecule has 1 saturated carbocycles. The molecule has 0 radical (unpaired) electrons. The monoisotopic (exact) mass is 460 g/mol. The summed E-state index contributed by atoms with van der Waals surface area (Å²) >= 11 is 0. The Morgan fingerprint density at radius 3 is 2.65 bits per heavy atom. The highest BCUT2D eigenvalue weighted by molar-refractivity contribution is 5.97. The van der Waals surface area contributed by atoms with E-state index in [0.717, 1.165) is 29.7 Å². The maximum absolute atomic E-state index is 13.5. The fraction of sp³-hybridized carbons (Fsp3) is 0.385. The molecule has 2 aromatic carbocycles. The van der Waals surface area contributed by atoms with Gasteiger partial charge in [-0.25, -0.2) is 0 Å². The van der Waals surface area contributed by atoms with Crippen molar-refractivity contribution in [3.05, 3.63) is 71.4 Å². The number of hydrogen-bond donors (Lipinski definition) is 1. The Labute approximate surface area is 198 Å². The van der Waals surface area contributed by atoms with E-state index in [0.29, 0.717) is 29.8 Å². The fourth-order valence-electron chi connectivity index (χ4n) is 4.58. The van der Waals surface area contributed by atoms with Crippen LogP contribution >= 0.6 is 0 Å². The van der Waals surface area contributed by atoms with Crippen LogP contribution in [-0.4, -0.2) is 29.1 Å². The minimum Gasteiger partial charge on any atom is -0.496 e. The quantitative estimate of drug-likeness (QED) is 0.571. The van der Waals surface area contributed by atoms with Crippen molar-refractivity contribution in [1.82, 2.24) is 15.5 Å². The van der Waals surface area contributed by atoms with Crippen molar-refractivity contribution < 1.29 is 18.8 Å². The van der Waals surface area contributed by atoms with Crippen molar-refractivity contribution in [2.24, 2.45) is 5.92 Å². The molecule has 2 aliphatic rings. The second kappa shape index (κ2) is 9.29. The molecule has 2 atom stereocenters. The molecule has 1 aromatic heterocycles. The Morgan fingerprint density at radius 2 is 1.91 bits per heavy atom. The van der Waals surface area contributed by atoms with Crippen LogP contribution in [0.15, 0.2) is 53.1 Å². The van der Waals surface area contributed by atoms with Crippen LogP contribution in [0.4, 0.5) is 5.69 Å². The fourth-order valence-corrected chi connectivity index (χ4v) is 4.58. The van der Waals surface area contributed by atoms with E-state index in [1.54, 1.807) is 12.0 Å². The second-order valence-corrected chi connectivity index (χ2v) is 8.97. The van der Waals surface area contributed by atoms with Gasteiger partial charge in [-0.05, 0) is 44.4 Å². The Hall–Kier alpha value is -3.68. The first-order valence-corrected chi connectivity index (χ1v) is 11.7. The number of nitrogens with zero attached hydrogens (tertiary/aromatic N) is 3. The largest absolute Gasteiger partial charge is 0.496 e. The SMILES string of the molecule is COc1ccccc1C1C(C(=O)NCc2nc(C3CC3)no2)CCC(=O)N1c1ccc(C)cc1. The summed E-state index contributed by atoms with van der Waals surface area (Å²) in [6.45, 7) is 2.16. The number of carbonyl (C=O) groups is 2. The normalized spacial score (nSPS) is 20.3. The highest BCUT2D eigenvalue weighted by Crippen LogP contribution is 2.43. The summed E-state index contributed by atoms with van der Waals surface area (Å²) < 4.78 is 10.9. The standard InChI is InChI=1S/C26H28N4O4/c1-16-7-11-18(12-8-16)30-23(31)14-13-20(24(30)19-5-3-4-6-21(19)33-2)26(32)27-15-22-28-25(29-34-22)17-9-10-17/h3-8,11-12,17,20,24H,9-10,13-15H2,1-2H3,(H,27,32). The van der Waals surface area contributed by atoms with Gasteiger partial charge in [0, 0.05) is 23.6 Å². The minimum atomic E-state index is -0.509. The van der Waals surface area contributed by atoms with Crippen LogP contribution in [0.1, 0.15) is 60.5 Å². The van der Waals surface area contributed by atoms with Gasteiger partial charge in [0.1, 0.15) is 5.75 Å².